The van der Waals surface area contributed by atoms with Gasteiger partial charge in [0.2, 0.25) is 6.10 Å². The second kappa shape index (κ2) is 23.0. The molecule has 4 N–H and O–H groups in total. The number of fused-ring (bicyclic) bond motifs is 4. The number of aromatic amines is 1. The van der Waals surface area contributed by atoms with Crippen molar-refractivity contribution in [2.24, 2.45) is 5.41 Å². The molecule has 4 heterocycles. The zero-order chi connectivity index (χ0) is 49.3. The zero-order valence-corrected chi connectivity index (χ0v) is 41.7. The highest BCUT2D eigenvalue weighted by Gasteiger charge is 2.39. The van der Waals surface area contributed by atoms with E-state index < -0.39 is 17.8 Å². The average Bonchev–Trinajstić information content (AvgIpc) is 4.10. The van der Waals surface area contributed by atoms with Gasteiger partial charge in [-0.2, -0.15) is 0 Å². The number of ether oxygens (including phenoxy) is 7. The number of amides is 3. The van der Waals surface area contributed by atoms with Crippen LogP contribution in [-0.2, 0) is 23.7 Å². The lowest BCUT2D eigenvalue weighted by Crippen LogP contribution is -2.42. The summed E-state index contributed by atoms with van der Waals surface area (Å²) in [7, 11) is 3.45. The normalized spacial score (nSPS) is 17.1. The number of anilines is 2. The number of halogens is 1. The molecule has 3 amide bonds. The summed E-state index contributed by atoms with van der Waals surface area (Å²) in [6.07, 6.45) is 1.91. The monoisotopic (exact) mass is 982 g/mol. The molecule has 0 aliphatic carbocycles. The van der Waals surface area contributed by atoms with E-state index in [0.29, 0.717) is 85.0 Å². The number of aromatic nitrogens is 1. The molecule has 0 saturated carbocycles. The number of carbonyl (C=O) groups is 3. The van der Waals surface area contributed by atoms with Gasteiger partial charge in [-0.3, -0.25) is 14.5 Å². The molecule has 3 aliphatic heterocycles. The molecule has 2 unspecified atom stereocenters. The molecule has 70 heavy (non-hydrogen) atoms. The maximum atomic E-state index is 14.7. The maximum absolute atomic E-state index is 14.7. The van der Waals surface area contributed by atoms with Crippen molar-refractivity contribution >= 4 is 62.6 Å². The molecule has 2 fully saturated rings. The van der Waals surface area contributed by atoms with Gasteiger partial charge in [-0.15, -0.1) is 11.6 Å². The van der Waals surface area contributed by atoms with Crippen LogP contribution in [0, 0.1) is 5.41 Å². The molecule has 1 aromatic heterocycles. The van der Waals surface area contributed by atoms with Crippen LogP contribution < -0.4 is 35.1 Å². The number of alkyl halides is 1. The van der Waals surface area contributed by atoms with E-state index in [2.05, 4.69) is 25.8 Å². The van der Waals surface area contributed by atoms with Crippen molar-refractivity contribution in [3.63, 3.8) is 0 Å². The van der Waals surface area contributed by atoms with Gasteiger partial charge in [-0.05, 0) is 93.8 Å². The highest BCUT2D eigenvalue weighted by molar-refractivity contribution is 6.19. The Morgan fingerprint density at radius 1 is 0.871 bits per heavy atom. The Morgan fingerprint density at radius 2 is 1.60 bits per heavy atom. The first-order valence-electron chi connectivity index (χ1n) is 24.3. The van der Waals surface area contributed by atoms with Crippen LogP contribution in [0.4, 0.5) is 16.2 Å². The number of rotatable bonds is 21. The van der Waals surface area contributed by atoms with Crippen LogP contribution in [0.15, 0.2) is 72.8 Å². The Bertz CT molecular complexity index is 2580. The number of hydrogen-bond acceptors (Lipinski definition) is 12. The van der Waals surface area contributed by atoms with E-state index in [9.17, 15) is 14.4 Å². The predicted molar refractivity (Wildman–Crippen MR) is 271 cm³/mol. The lowest BCUT2D eigenvalue weighted by Gasteiger charge is -2.38. The summed E-state index contributed by atoms with van der Waals surface area (Å²) in [5.74, 6) is 1.17. The van der Waals surface area contributed by atoms with Crippen LogP contribution in [0.1, 0.15) is 73.7 Å². The van der Waals surface area contributed by atoms with Gasteiger partial charge in [0, 0.05) is 91.3 Å². The molecule has 2 saturated heterocycles. The van der Waals surface area contributed by atoms with E-state index in [1.165, 1.54) is 0 Å². The molecule has 4 aromatic carbocycles. The number of piperidine rings is 1. The van der Waals surface area contributed by atoms with E-state index in [-0.39, 0.29) is 30.9 Å². The minimum absolute atomic E-state index is 0.159. The Balaban J connectivity index is 0.951. The molecular formula is C53H67ClN6O10. The van der Waals surface area contributed by atoms with Crippen molar-refractivity contribution in [1.29, 1.82) is 0 Å². The van der Waals surface area contributed by atoms with Gasteiger partial charge >= 0.3 is 6.09 Å². The fourth-order valence-corrected chi connectivity index (χ4v) is 9.76. The van der Waals surface area contributed by atoms with E-state index in [4.69, 9.17) is 44.8 Å². The van der Waals surface area contributed by atoms with Gasteiger partial charge < -0.3 is 59.0 Å². The Morgan fingerprint density at radius 3 is 2.27 bits per heavy atom. The zero-order valence-electron chi connectivity index (χ0n) is 41.0. The predicted octanol–water partition coefficient (Wildman–Crippen LogP) is 8.03. The van der Waals surface area contributed by atoms with E-state index in [1.54, 1.807) is 32.8 Å². The van der Waals surface area contributed by atoms with Gasteiger partial charge in [0.1, 0.15) is 23.7 Å². The van der Waals surface area contributed by atoms with Crippen LogP contribution in [0.3, 0.4) is 0 Å². The lowest BCUT2D eigenvalue weighted by atomic mass is 9.78. The Kier molecular flexibility index (Phi) is 16.6. The quantitative estimate of drug-likeness (QED) is 0.0413. The molecule has 16 nitrogen and oxygen atoms in total. The number of hydrogen-bond donors (Lipinski definition) is 4. The number of carbonyl (C=O) groups excluding carboxylic acids is 3. The first-order valence-corrected chi connectivity index (χ1v) is 24.8. The van der Waals surface area contributed by atoms with Gasteiger partial charge in [-0.25, -0.2) is 4.79 Å². The number of nitrogens with zero attached hydrogens (tertiary/aromatic N) is 2. The largest absolute Gasteiger partial charge is 0.493 e. The third-order valence-corrected chi connectivity index (χ3v) is 13.7. The SMILES string of the molecule is CNc1ccc(C(Oc2cc3c(c4ccccc24)C(CCl)CN3C(=O)c2cc3cc(OCCN4CCC5(CCOC5)CC4)c(OC)cc3[nH]2)C(=O)NCCOCCOCCNC(=O)OC(C)(C)C)cc1. The number of alkyl carbamates (subject to hydrolysis) is 1. The molecule has 17 heteroatoms. The number of H-pyrrole nitrogens is 1. The average molecular weight is 984 g/mol. The summed E-state index contributed by atoms with van der Waals surface area (Å²) in [6, 6.07) is 22.8. The number of methoxy groups -OCH3 is 1. The van der Waals surface area contributed by atoms with Gasteiger partial charge in [-0.1, -0.05) is 36.4 Å². The highest BCUT2D eigenvalue weighted by Crippen LogP contribution is 2.47. The van der Waals surface area contributed by atoms with Crippen molar-refractivity contribution in [2.75, 3.05) is 116 Å². The maximum Gasteiger partial charge on any atom is 0.407 e. The van der Waals surface area contributed by atoms with E-state index >= 15 is 0 Å². The molecular weight excluding hydrogens is 916 g/mol. The first-order chi connectivity index (χ1) is 33.9. The third kappa shape index (κ3) is 12.2. The van der Waals surface area contributed by atoms with Gasteiger partial charge in [0.05, 0.1) is 45.8 Å². The fraction of sp³-hybridized carbons (Fsp3) is 0.491. The number of benzene rings is 4. The summed E-state index contributed by atoms with van der Waals surface area (Å²) >= 11 is 6.69. The minimum Gasteiger partial charge on any atom is -0.493 e. The van der Waals surface area contributed by atoms with Gasteiger partial charge in [0.25, 0.3) is 11.8 Å². The molecule has 2 atom stereocenters. The van der Waals surface area contributed by atoms with Crippen LogP contribution in [0.2, 0.25) is 0 Å². The van der Waals surface area contributed by atoms with E-state index in [0.717, 1.165) is 85.0 Å². The lowest BCUT2D eigenvalue weighted by molar-refractivity contribution is -0.128. The Hall–Kier alpha value is -5.78. The summed E-state index contributed by atoms with van der Waals surface area (Å²) in [4.78, 5) is 48.2. The number of nitrogens with one attached hydrogen (secondary N) is 4. The fourth-order valence-electron chi connectivity index (χ4n) is 9.51. The Labute approximate surface area is 414 Å². The topological polar surface area (TPSA) is 174 Å². The molecule has 376 valence electrons. The third-order valence-electron chi connectivity index (χ3n) is 13.3. The first kappa shape index (κ1) is 50.6. The second-order valence-electron chi connectivity index (χ2n) is 19.2. The standard InChI is InChI=1S/C53H67ClN6O10/c1-52(2,3)70-51(63)57-18-24-66-27-26-65-23-17-56-49(61)48(35-10-12-38(55-4)13-11-35)69-44-31-43-47(40-9-7-6-8-39(40)44)37(32-54)33-60(43)50(62)42-28-36-29-46(45(64-5)30-41(36)58-42)68-25-21-59-19-14-53(15-20-59)16-22-67-34-53/h6-13,28-31,37,48,55,58H,14-27,32-34H2,1-5H3,(H,56,61)(H,57,63). The second-order valence-corrected chi connectivity index (χ2v) is 19.5. The molecule has 5 aromatic rings. The van der Waals surface area contributed by atoms with Crippen LogP contribution in [-0.4, -0.2) is 139 Å². The van der Waals surface area contributed by atoms with E-state index in [1.807, 2.05) is 79.8 Å². The van der Waals surface area contributed by atoms with Crippen molar-refractivity contribution in [3.05, 3.63) is 89.6 Å². The summed E-state index contributed by atoms with van der Waals surface area (Å²) in [6.45, 7) is 12.6. The van der Waals surface area contributed by atoms with Crippen LogP contribution in [0.5, 0.6) is 17.2 Å². The molecule has 0 radical (unpaired) electrons. The van der Waals surface area contributed by atoms with Crippen molar-refractivity contribution in [2.45, 2.75) is 57.7 Å². The smallest absolute Gasteiger partial charge is 0.407 e. The van der Waals surface area contributed by atoms with Crippen LogP contribution in [0.25, 0.3) is 21.7 Å². The van der Waals surface area contributed by atoms with Crippen molar-refractivity contribution in [1.82, 2.24) is 20.5 Å². The summed E-state index contributed by atoms with van der Waals surface area (Å²) in [5.41, 5.74) is 4.04. The molecule has 3 aliphatic rings. The summed E-state index contributed by atoms with van der Waals surface area (Å²) in [5, 5.41) is 11.3. The van der Waals surface area contributed by atoms with Gasteiger partial charge in [0.15, 0.2) is 11.5 Å². The highest BCUT2D eigenvalue weighted by atomic mass is 35.5. The number of likely N-dealkylation sites (tertiary alicyclic amines) is 1. The van der Waals surface area contributed by atoms with Crippen molar-refractivity contribution < 1.29 is 47.5 Å². The van der Waals surface area contributed by atoms with Crippen molar-refractivity contribution in [3.8, 4) is 17.2 Å². The molecule has 0 bridgehead atoms. The molecule has 8 rings (SSSR count). The minimum atomic E-state index is -1.05. The van der Waals surface area contributed by atoms with Crippen LogP contribution >= 0.6 is 11.6 Å². The summed E-state index contributed by atoms with van der Waals surface area (Å²) < 4.78 is 41.1. The molecule has 1 spiro atoms.